The van der Waals surface area contributed by atoms with E-state index in [4.69, 9.17) is 4.74 Å². The van der Waals surface area contributed by atoms with Crippen LogP contribution in [0.2, 0.25) is 0 Å². The number of non-ortho nitro benzene ring substituents is 1. The van der Waals surface area contributed by atoms with E-state index in [1.807, 2.05) is 49.4 Å². The fraction of sp³-hybridized carbons (Fsp3) is 0.179. The quantitative estimate of drug-likeness (QED) is 0.161. The molecule has 0 saturated carbocycles. The van der Waals surface area contributed by atoms with Crippen LogP contribution in [-0.2, 0) is 16.2 Å². The molecule has 12 heteroatoms. The number of aryl methyl sites for hydroxylation is 1. The van der Waals surface area contributed by atoms with Crippen LogP contribution in [0.3, 0.4) is 0 Å². The Kier molecular flexibility index (Phi) is 6.85. The molecule has 202 valence electrons. The zero-order valence-electron chi connectivity index (χ0n) is 20.8. The van der Waals surface area contributed by atoms with E-state index in [1.165, 1.54) is 36.0 Å². The molecular formula is C28H20BrN3O6S2. The Hall–Kier alpha value is -3.74. The summed E-state index contributed by atoms with van der Waals surface area (Å²) in [5, 5.41) is 10.9. The van der Waals surface area contributed by atoms with Crippen molar-refractivity contribution in [1.82, 2.24) is 4.98 Å². The molecule has 1 saturated heterocycles. The minimum Gasteiger partial charge on any atom is -0.489 e. The van der Waals surface area contributed by atoms with Crippen LogP contribution >= 0.6 is 39.0 Å². The van der Waals surface area contributed by atoms with Crippen LogP contribution in [0.15, 0.2) is 81.0 Å². The molecule has 3 heterocycles. The first-order valence-electron chi connectivity index (χ1n) is 12.2. The summed E-state index contributed by atoms with van der Waals surface area (Å²) >= 11 is 5.72. The maximum atomic E-state index is 14.0. The molecule has 3 aromatic carbocycles. The summed E-state index contributed by atoms with van der Waals surface area (Å²) in [5.74, 6) is -1.77. The Bertz CT molecular complexity index is 1720. The van der Waals surface area contributed by atoms with E-state index in [1.54, 1.807) is 0 Å². The van der Waals surface area contributed by atoms with Crippen LogP contribution in [0.1, 0.15) is 27.5 Å². The number of hydrogen-bond donors (Lipinski definition) is 1. The molecule has 2 aliphatic rings. The molecule has 0 spiro atoms. The van der Waals surface area contributed by atoms with Gasteiger partial charge in [-0.25, -0.2) is 4.90 Å². The average molecular weight is 639 g/mol. The van der Waals surface area contributed by atoms with Crippen molar-refractivity contribution in [2.75, 3.05) is 4.90 Å². The van der Waals surface area contributed by atoms with E-state index in [0.717, 1.165) is 31.8 Å². The number of hydrogen-bond acceptors (Lipinski definition) is 8. The number of nitrogens with one attached hydrogen (secondary N) is 1. The summed E-state index contributed by atoms with van der Waals surface area (Å²) in [7, 11) is 0. The number of H-pyrrole nitrogens is 1. The van der Waals surface area contributed by atoms with Gasteiger partial charge in [0.05, 0.1) is 21.6 Å². The minimum absolute atomic E-state index is 0.142. The lowest BCUT2D eigenvalue weighted by Crippen LogP contribution is -2.32. The van der Waals surface area contributed by atoms with Gasteiger partial charge in [0.2, 0.25) is 11.8 Å². The molecule has 2 aliphatic heterocycles. The Labute approximate surface area is 244 Å². The number of carbonyl (C=O) groups is 2. The first-order chi connectivity index (χ1) is 19.2. The molecule has 2 unspecified atom stereocenters. The Morgan fingerprint density at radius 1 is 1.02 bits per heavy atom. The number of fused-ring (bicyclic) bond motifs is 2. The second kappa shape index (κ2) is 10.3. The smallest absolute Gasteiger partial charge is 0.305 e. The monoisotopic (exact) mass is 637 g/mol. The van der Waals surface area contributed by atoms with Gasteiger partial charge in [-0.05, 0) is 42.8 Å². The maximum Gasteiger partial charge on any atom is 0.305 e. The lowest BCUT2D eigenvalue weighted by molar-refractivity contribution is -0.384. The first-order valence-corrected chi connectivity index (χ1v) is 14.7. The first kappa shape index (κ1) is 26.5. The van der Waals surface area contributed by atoms with Crippen molar-refractivity contribution < 1.29 is 19.2 Å². The molecule has 0 radical (unpaired) electrons. The lowest BCUT2D eigenvalue weighted by Gasteiger charge is -2.31. The molecule has 3 atom stereocenters. The number of thiazole rings is 1. The average Bonchev–Trinajstić information content (AvgIpc) is 3.43. The van der Waals surface area contributed by atoms with Gasteiger partial charge in [-0.3, -0.25) is 24.5 Å². The predicted octanol–water partition coefficient (Wildman–Crippen LogP) is 5.79. The summed E-state index contributed by atoms with van der Waals surface area (Å²) in [6.45, 7) is 2.30. The number of nitro groups is 1. The normalized spacial score (nSPS) is 19.9. The van der Waals surface area contributed by atoms with Crippen molar-refractivity contribution in [3.05, 3.63) is 113 Å². The van der Waals surface area contributed by atoms with Crippen molar-refractivity contribution in [2.24, 2.45) is 5.92 Å². The molecule has 40 heavy (non-hydrogen) atoms. The van der Waals surface area contributed by atoms with Crippen LogP contribution in [0.25, 0.3) is 0 Å². The molecule has 1 aromatic heterocycles. The van der Waals surface area contributed by atoms with E-state index < -0.39 is 33.8 Å². The van der Waals surface area contributed by atoms with Crippen molar-refractivity contribution in [3.8, 4) is 5.75 Å². The molecule has 0 aliphatic carbocycles. The third-order valence-corrected chi connectivity index (χ3v) is 9.86. The number of nitrogens with zero attached hydrogens (tertiary/aromatic N) is 2. The summed E-state index contributed by atoms with van der Waals surface area (Å²) in [4.78, 5) is 55.0. The number of ether oxygens (including phenoxy) is 1. The second-order valence-electron chi connectivity index (χ2n) is 9.49. The highest BCUT2D eigenvalue weighted by atomic mass is 79.9. The van der Waals surface area contributed by atoms with Gasteiger partial charge in [-0.15, -0.1) is 0 Å². The van der Waals surface area contributed by atoms with Gasteiger partial charge in [-0.1, -0.05) is 68.9 Å². The Morgan fingerprint density at radius 2 is 1.75 bits per heavy atom. The van der Waals surface area contributed by atoms with Crippen molar-refractivity contribution in [3.63, 3.8) is 0 Å². The van der Waals surface area contributed by atoms with Crippen LogP contribution in [0.4, 0.5) is 11.4 Å². The number of carbonyl (C=O) groups excluding carboxylic acids is 2. The highest BCUT2D eigenvalue weighted by Crippen LogP contribution is 2.54. The van der Waals surface area contributed by atoms with Gasteiger partial charge in [0.25, 0.3) is 5.69 Å². The lowest BCUT2D eigenvalue weighted by atomic mass is 9.82. The van der Waals surface area contributed by atoms with Crippen molar-refractivity contribution in [2.45, 2.75) is 29.7 Å². The highest BCUT2D eigenvalue weighted by Gasteiger charge is 2.56. The van der Waals surface area contributed by atoms with E-state index in [9.17, 15) is 24.5 Å². The fourth-order valence-corrected chi connectivity index (χ4v) is 7.95. The van der Waals surface area contributed by atoms with E-state index in [-0.39, 0.29) is 16.2 Å². The molecular weight excluding hydrogens is 618 g/mol. The number of thioether (sulfide) groups is 1. The topological polar surface area (TPSA) is 123 Å². The van der Waals surface area contributed by atoms with Crippen LogP contribution in [-0.4, -0.2) is 27.0 Å². The van der Waals surface area contributed by atoms with Gasteiger partial charge in [-0.2, -0.15) is 0 Å². The fourth-order valence-electron chi connectivity index (χ4n) is 5.07. The summed E-state index contributed by atoms with van der Waals surface area (Å²) in [6, 6.07) is 18.8. The number of imide groups is 1. The van der Waals surface area contributed by atoms with Crippen molar-refractivity contribution >= 4 is 62.2 Å². The third kappa shape index (κ3) is 4.65. The molecule has 0 bridgehead atoms. The summed E-state index contributed by atoms with van der Waals surface area (Å²) in [6.07, 6.45) is 0. The largest absolute Gasteiger partial charge is 0.489 e. The number of nitro benzene ring substituents is 1. The van der Waals surface area contributed by atoms with E-state index >= 15 is 0 Å². The highest BCUT2D eigenvalue weighted by molar-refractivity contribution is 9.10. The van der Waals surface area contributed by atoms with Gasteiger partial charge in [0.1, 0.15) is 17.6 Å². The SMILES string of the molecule is Cc1ccc(COc2ccc(Br)cc2[C@H]2c3sc(=O)[nH]c3SC3C(=O)N(c4ccc([N+](=O)[O-])cc4)C(=O)C32)cc1. The Balaban J connectivity index is 1.42. The second-order valence-corrected chi connectivity index (χ2v) is 12.6. The summed E-state index contributed by atoms with van der Waals surface area (Å²) < 4.78 is 7.02. The number of rotatable bonds is 6. The minimum atomic E-state index is -0.817. The zero-order chi connectivity index (χ0) is 28.1. The number of amides is 2. The van der Waals surface area contributed by atoms with Crippen molar-refractivity contribution in [1.29, 1.82) is 0 Å². The zero-order valence-corrected chi connectivity index (χ0v) is 24.0. The number of anilines is 1. The molecule has 1 N–H and O–H groups in total. The predicted molar refractivity (Wildman–Crippen MR) is 155 cm³/mol. The molecule has 6 rings (SSSR count). The van der Waals surface area contributed by atoms with Crippen LogP contribution in [0, 0.1) is 23.0 Å². The van der Waals surface area contributed by atoms with Gasteiger partial charge >= 0.3 is 4.87 Å². The number of halogens is 1. The van der Waals surface area contributed by atoms with Gasteiger partial charge in [0, 0.05) is 33.0 Å². The van der Waals surface area contributed by atoms with Crippen LogP contribution in [0.5, 0.6) is 5.75 Å². The third-order valence-electron chi connectivity index (χ3n) is 6.96. The van der Waals surface area contributed by atoms with Crippen LogP contribution < -0.4 is 14.5 Å². The van der Waals surface area contributed by atoms with Gasteiger partial charge in [0.15, 0.2) is 0 Å². The van der Waals surface area contributed by atoms with Gasteiger partial charge < -0.3 is 9.72 Å². The summed E-state index contributed by atoms with van der Waals surface area (Å²) in [5.41, 5.74) is 2.91. The maximum absolute atomic E-state index is 14.0. The van der Waals surface area contributed by atoms with E-state index in [0.29, 0.717) is 27.8 Å². The molecule has 9 nitrogen and oxygen atoms in total. The number of aromatic nitrogens is 1. The molecule has 4 aromatic rings. The number of benzene rings is 3. The number of aromatic amines is 1. The van der Waals surface area contributed by atoms with E-state index in [2.05, 4.69) is 20.9 Å². The molecule has 1 fully saturated rings. The standard InChI is InChI=1S/C28H20BrN3O6S2/c1-14-2-4-15(5-3-14)13-38-20-11-6-16(29)12-19(20)21-22-24(39-25-23(21)40-28(35)30-25)27(34)31(26(22)33)17-7-9-18(10-8-17)32(36)37/h2-12,21-22,24H,13H2,1H3,(H,30,35)/t21-,22?,24?/m1/s1. The molecule has 2 amide bonds. The Morgan fingerprint density at radius 3 is 2.45 bits per heavy atom.